The van der Waals surface area contributed by atoms with Crippen LogP contribution in [-0.4, -0.2) is 31.2 Å². The number of hydrogen-bond acceptors (Lipinski definition) is 2. The van der Waals surface area contributed by atoms with Crippen molar-refractivity contribution in [3.05, 3.63) is 12.3 Å². The molecule has 0 N–H and O–H groups in total. The van der Waals surface area contributed by atoms with E-state index in [4.69, 9.17) is 11.6 Å². The predicted molar refractivity (Wildman–Crippen MR) is 71.6 cm³/mol. The van der Waals surface area contributed by atoms with Crippen LogP contribution in [0.25, 0.3) is 5.16 Å². The number of aliphatic imine (C=N–C) groups is 1. The molecule has 2 rings (SSSR count). The molecule has 0 aliphatic carbocycles. The van der Waals surface area contributed by atoms with Gasteiger partial charge in [0.2, 0.25) is 0 Å². The van der Waals surface area contributed by atoms with E-state index in [-0.39, 0.29) is 20.6 Å². The van der Waals surface area contributed by atoms with Gasteiger partial charge in [0.15, 0.2) is 0 Å². The highest BCUT2D eigenvalue weighted by molar-refractivity contribution is 6.54. The van der Waals surface area contributed by atoms with Crippen molar-refractivity contribution in [1.29, 1.82) is 0 Å². The molecule has 84 valence electrons. The van der Waals surface area contributed by atoms with Gasteiger partial charge in [-0.05, 0) is 12.5 Å². The summed E-state index contributed by atoms with van der Waals surface area (Å²) in [4.78, 5) is 4.57. The maximum absolute atomic E-state index is 6.28. The van der Waals surface area contributed by atoms with Crippen LogP contribution in [0.5, 0.6) is 0 Å². The standard InChI is InChI=1S/C10H11ClN3.CH3.Al.H/c1-3-10(2)6-8(11)14-9(12-7-10)4-5-13-14;;;/h5-7H,3H2,1-2H3;1H3;;. The van der Waals surface area contributed by atoms with E-state index in [0.29, 0.717) is 5.16 Å². The first-order valence-electron chi connectivity index (χ1n) is 5.60. The molecule has 0 aromatic carbocycles. The van der Waals surface area contributed by atoms with Crippen LogP contribution in [0.15, 0.2) is 17.3 Å². The zero-order valence-corrected chi connectivity index (χ0v) is 12.0. The van der Waals surface area contributed by atoms with Crippen LogP contribution in [0.4, 0.5) is 5.82 Å². The van der Waals surface area contributed by atoms with Crippen molar-refractivity contribution in [2.75, 3.05) is 0 Å². The Bertz CT molecular complexity index is 464. The van der Waals surface area contributed by atoms with E-state index < -0.39 is 0 Å². The molecule has 0 bridgehead atoms. The molecule has 1 unspecified atom stereocenters. The highest BCUT2D eigenvalue weighted by atomic mass is 35.5. The molecule has 1 aromatic heterocycles. The predicted octanol–water partition coefficient (Wildman–Crippen LogP) is 2.16. The lowest BCUT2D eigenvalue weighted by molar-refractivity contribution is 0.588. The molecule has 0 radical (unpaired) electrons. The number of hydrogen-bond donors (Lipinski definition) is 0. The lowest BCUT2D eigenvalue weighted by atomic mass is 9.89. The van der Waals surface area contributed by atoms with E-state index in [9.17, 15) is 0 Å². The van der Waals surface area contributed by atoms with Crippen molar-refractivity contribution in [1.82, 2.24) is 9.78 Å². The van der Waals surface area contributed by atoms with E-state index in [1.165, 1.54) is 4.43 Å². The fourth-order valence-corrected chi connectivity index (χ4v) is 2.89. The molecule has 5 heteroatoms. The van der Waals surface area contributed by atoms with E-state index in [1.807, 2.05) is 18.5 Å². The fraction of sp³-hybridized carbons (Fsp3) is 0.455. The summed E-state index contributed by atoms with van der Waals surface area (Å²) in [5.74, 6) is 3.15. The molecule has 0 saturated heterocycles. The first kappa shape index (κ1) is 11.9. The van der Waals surface area contributed by atoms with E-state index in [0.717, 1.165) is 12.2 Å². The molecular weight excluding hydrogens is 237 g/mol. The van der Waals surface area contributed by atoms with E-state index >= 15 is 0 Å². The summed E-state index contributed by atoms with van der Waals surface area (Å²) in [7, 11) is 0. The van der Waals surface area contributed by atoms with Gasteiger partial charge in [0.05, 0.1) is 0 Å². The van der Waals surface area contributed by atoms with Gasteiger partial charge in [-0.1, -0.05) is 29.9 Å². The van der Waals surface area contributed by atoms with Crippen molar-refractivity contribution in [3.63, 3.8) is 0 Å². The summed E-state index contributed by atoms with van der Waals surface area (Å²) in [5.41, 5.74) is -0.0651. The zero-order valence-electron chi connectivity index (χ0n) is 9.87. The van der Waals surface area contributed by atoms with Crippen LogP contribution in [0, 0.1) is 5.41 Å². The second-order valence-corrected chi connectivity index (χ2v) is 6.20. The van der Waals surface area contributed by atoms with E-state index in [2.05, 4.69) is 29.7 Å². The van der Waals surface area contributed by atoms with Gasteiger partial charge >= 0.3 is 0 Å². The summed E-state index contributed by atoms with van der Waals surface area (Å²) in [6, 6.07) is 0. The molecule has 16 heavy (non-hydrogen) atoms. The van der Waals surface area contributed by atoms with Gasteiger partial charge < -0.3 is 0 Å². The Balaban J connectivity index is 2.55. The molecule has 0 spiro atoms. The van der Waals surface area contributed by atoms with Crippen molar-refractivity contribution in [3.8, 4) is 0 Å². The average Bonchev–Trinajstić information content (AvgIpc) is 2.64. The monoisotopic (exact) mass is 251 g/mol. The van der Waals surface area contributed by atoms with Crippen molar-refractivity contribution >= 4 is 48.4 Å². The number of halogens is 1. The highest BCUT2D eigenvalue weighted by Gasteiger charge is 2.23. The fourth-order valence-electron chi connectivity index (χ4n) is 1.69. The molecule has 2 heterocycles. The Morgan fingerprint density at radius 1 is 1.56 bits per heavy atom. The van der Waals surface area contributed by atoms with Crippen LogP contribution >= 0.6 is 11.6 Å². The van der Waals surface area contributed by atoms with E-state index in [1.54, 1.807) is 4.68 Å². The molecule has 1 aliphatic heterocycles. The Morgan fingerprint density at radius 3 is 2.94 bits per heavy atom. The topological polar surface area (TPSA) is 30.2 Å². The summed E-state index contributed by atoms with van der Waals surface area (Å²) in [5, 5.41) is 4.96. The van der Waals surface area contributed by atoms with Gasteiger partial charge in [0.1, 0.15) is 11.0 Å². The molecule has 0 amide bonds. The highest BCUT2D eigenvalue weighted by Crippen LogP contribution is 2.30. The Hall–Kier alpha value is -0.558. The van der Waals surface area contributed by atoms with Gasteiger partial charge in [-0.2, -0.15) is 5.10 Å². The number of fused-ring (bicyclic) bond motifs is 1. The lowest BCUT2D eigenvalue weighted by Gasteiger charge is -2.16. The second-order valence-electron chi connectivity index (χ2n) is 4.34. The summed E-state index contributed by atoms with van der Waals surface area (Å²) >= 11 is 6.02. The minimum absolute atomic E-state index is 0.0651. The van der Waals surface area contributed by atoms with Crippen LogP contribution in [0.2, 0.25) is 5.79 Å². The molecule has 3 nitrogen and oxygen atoms in total. The third-order valence-corrected chi connectivity index (χ3v) is 4.62. The van der Waals surface area contributed by atoms with Crippen LogP contribution < -0.4 is 4.43 Å². The third kappa shape index (κ3) is 1.98. The Morgan fingerprint density at radius 2 is 2.31 bits per heavy atom. The minimum atomic E-state index is -0.267. The van der Waals surface area contributed by atoms with Crippen LogP contribution in [0.1, 0.15) is 20.3 Å². The van der Waals surface area contributed by atoms with Crippen LogP contribution in [0.3, 0.4) is 0 Å². The number of aromatic nitrogens is 2. The van der Waals surface area contributed by atoms with Gasteiger partial charge in [-0.3, -0.25) is 0 Å². The zero-order chi connectivity index (χ0) is 11.8. The van der Waals surface area contributed by atoms with Gasteiger partial charge in [-0.25, -0.2) is 9.67 Å². The van der Waals surface area contributed by atoms with Gasteiger partial charge in [-0.15, -0.1) is 5.79 Å². The van der Waals surface area contributed by atoms with Gasteiger partial charge in [0.25, 0.3) is 15.2 Å². The minimum Gasteiger partial charge on any atom is -0.242 e. The smallest absolute Gasteiger partial charge is 0.242 e. The summed E-state index contributed by atoms with van der Waals surface area (Å²) in [6.07, 6.45) is 6.90. The Labute approximate surface area is 107 Å². The first-order chi connectivity index (χ1) is 7.59. The average molecular weight is 252 g/mol. The second kappa shape index (κ2) is 4.37. The number of allylic oxidation sites excluding steroid dienone is 1. The number of rotatable bonds is 2. The molecule has 1 aliphatic rings. The molecule has 0 fully saturated rings. The maximum Gasteiger partial charge on any atom is 0.288 e. The van der Waals surface area contributed by atoms with Gasteiger partial charge in [0, 0.05) is 17.8 Å². The molecule has 1 aromatic rings. The quantitative estimate of drug-likeness (QED) is 0.741. The molecule has 0 saturated carbocycles. The normalized spacial score (nSPS) is 23.6. The lowest BCUT2D eigenvalue weighted by Crippen LogP contribution is -2.13. The molecular formula is C11H15AlClN3. The third-order valence-electron chi connectivity index (χ3n) is 3.09. The first-order valence-corrected chi connectivity index (χ1v) is 8.10. The largest absolute Gasteiger partial charge is 0.288 e. The SMILES string of the molecule is CCC1(C)C=Nc2[c]([AlH][CH3])cnn2C(Cl)=C1. The maximum atomic E-state index is 6.28. The van der Waals surface area contributed by atoms with Crippen LogP contribution in [-0.2, 0) is 0 Å². The summed E-state index contributed by atoms with van der Waals surface area (Å²) in [6.45, 7) is 4.27. The number of nitrogens with zero attached hydrogens (tertiary/aromatic N) is 3. The summed E-state index contributed by atoms with van der Waals surface area (Å²) < 4.78 is 3.01. The van der Waals surface area contributed by atoms with Crippen molar-refractivity contribution in [2.24, 2.45) is 10.4 Å². The molecule has 1 atom stereocenters. The van der Waals surface area contributed by atoms with Crippen molar-refractivity contribution in [2.45, 2.75) is 26.1 Å². The van der Waals surface area contributed by atoms with Crippen molar-refractivity contribution < 1.29 is 0 Å². The Kier molecular flexibility index (Phi) is 3.25.